The Morgan fingerprint density at radius 1 is 1.30 bits per heavy atom. The number of benzene rings is 2. The van der Waals surface area contributed by atoms with Gasteiger partial charge in [0.1, 0.15) is 6.61 Å². The van der Waals surface area contributed by atoms with E-state index in [1.54, 1.807) is 24.3 Å². The van der Waals surface area contributed by atoms with E-state index in [0.717, 1.165) is 5.56 Å². The molecule has 0 spiro atoms. The third-order valence-corrected chi connectivity index (χ3v) is 3.33. The first-order chi connectivity index (χ1) is 11.2. The van der Waals surface area contributed by atoms with Crippen molar-refractivity contribution in [2.24, 2.45) is 5.16 Å². The van der Waals surface area contributed by atoms with Crippen molar-refractivity contribution in [2.75, 3.05) is 6.61 Å². The molecule has 23 heavy (non-hydrogen) atoms. The molecular weight excluding hydrogens is 316 g/mol. The molecule has 118 valence electrons. The number of nitriles is 1. The van der Waals surface area contributed by atoms with Gasteiger partial charge in [0, 0.05) is 11.1 Å². The monoisotopic (exact) mass is 330 g/mol. The second-order valence-electron chi connectivity index (χ2n) is 4.57. The molecule has 0 saturated heterocycles. The van der Waals surface area contributed by atoms with E-state index in [9.17, 15) is 0 Å². The van der Waals surface area contributed by atoms with Crippen LogP contribution in [0.15, 0.2) is 41.6 Å². The summed E-state index contributed by atoms with van der Waals surface area (Å²) in [4.78, 5) is 0. The van der Waals surface area contributed by atoms with Gasteiger partial charge in [0.15, 0.2) is 11.5 Å². The zero-order chi connectivity index (χ0) is 16.7. The summed E-state index contributed by atoms with van der Waals surface area (Å²) in [7, 11) is 0. The summed E-state index contributed by atoms with van der Waals surface area (Å²) in [5.41, 5.74) is 1.89. The standard InChI is InChI=1S/C17H15ClN2O3/c1-2-22-16-8-12(10-20-21)7-15(18)17(16)23-11-14-6-4-3-5-13(14)9-19/h3-8,10,21H,2,11H2,1H3/b20-10-. The number of hydrogen-bond donors (Lipinski definition) is 1. The van der Waals surface area contributed by atoms with E-state index < -0.39 is 0 Å². The molecule has 6 heteroatoms. The van der Waals surface area contributed by atoms with E-state index in [2.05, 4.69) is 11.2 Å². The van der Waals surface area contributed by atoms with Gasteiger partial charge in [-0.1, -0.05) is 35.0 Å². The van der Waals surface area contributed by atoms with Crippen LogP contribution < -0.4 is 9.47 Å². The molecule has 5 nitrogen and oxygen atoms in total. The highest BCUT2D eigenvalue weighted by molar-refractivity contribution is 6.32. The van der Waals surface area contributed by atoms with Crippen LogP contribution in [-0.2, 0) is 6.61 Å². The Balaban J connectivity index is 2.30. The fourth-order valence-corrected chi connectivity index (χ4v) is 2.31. The molecule has 0 unspecified atom stereocenters. The molecule has 0 atom stereocenters. The van der Waals surface area contributed by atoms with Crippen molar-refractivity contribution in [1.82, 2.24) is 0 Å². The van der Waals surface area contributed by atoms with Crippen molar-refractivity contribution in [3.63, 3.8) is 0 Å². The maximum atomic E-state index is 9.11. The van der Waals surface area contributed by atoms with Crippen molar-refractivity contribution in [2.45, 2.75) is 13.5 Å². The van der Waals surface area contributed by atoms with Crippen LogP contribution in [0.5, 0.6) is 11.5 Å². The van der Waals surface area contributed by atoms with Gasteiger partial charge in [-0.15, -0.1) is 0 Å². The van der Waals surface area contributed by atoms with E-state index in [0.29, 0.717) is 34.3 Å². The highest BCUT2D eigenvalue weighted by Gasteiger charge is 2.13. The third-order valence-electron chi connectivity index (χ3n) is 3.05. The van der Waals surface area contributed by atoms with Crippen LogP contribution in [0.25, 0.3) is 0 Å². The summed E-state index contributed by atoms with van der Waals surface area (Å²) >= 11 is 6.23. The third kappa shape index (κ3) is 4.15. The van der Waals surface area contributed by atoms with E-state index >= 15 is 0 Å². The summed E-state index contributed by atoms with van der Waals surface area (Å²) in [6, 6.07) is 12.6. The van der Waals surface area contributed by atoms with Gasteiger partial charge in [-0.25, -0.2) is 0 Å². The Hall–Kier alpha value is -2.71. The van der Waals surface area contributed by atoms with E-state index in [1.165, 1.54) is 6.21 Å². The summed E-state index contributed by atoms with van der Waals surface area (Å²) < 4.78 is 11.3. The van der Waals surface area contributed by atoms with Gasteiger partial charge in [0.05, 0.1) is 29.5 Å². The van der Waals surface area contributed by atoms with Crippen LogP contribution in [0.3, 0.4) is 0 Å². The topological polar surface area (TPSA) is 74.8 Å². The Morgan fingerprint density at radius 3 is 2.78 bits per heavy atom. The van der Waals surface area contributed by atoms with Crippen LogP contribution in [-0.4, -0.2) is 18.0 Å². The van der Waals surface area contributed by atoms with Crippen molar-refractivity contribution in [3.05, 3.63) is 58.1 Å². The van der Waals surface area contributed by atoms with E-state index in [4.69, 9.17) is 31.5 Å². The number of ether oxygens (including phenoxy) is 2. The minimum absolute atomic E-state index is 0.191. The molecule has 0 heterocycles. The van der Waals surface area contributed by atoms with Crippen molar-refractivity contribution in [3.8, 4) is 17.6 Å². The first-order valence-electron chi connectivity index (χ1n) is 6.94. The summed E-state index contributed by atoms with van der Waals surface area (Å²) in [5.74, 6) is 0.834. The Bertz CT molecular complexity index is 754. The fourth-order valence-electron chi connectivity index (χ4n) is 2.04. The molecular formula is C17H15ClN2O3. The Morgan fingerprint density at radius 2 is 2.09 bits per heavy atom. The van der Waals surface area contributed by atoms with Gasteiger partial charge in [-0.3, -0.25) is 0 Å². The number of nitrogens with zero attached hydrogens (tertiary/aromatic N) is 2. The number of hydrogen-bond acceptors (Lipinski definition) is 5. The lowest BCUT2D eigenvalue weighted by Gasteiger charge is -2.14. The van der Waals surface area contributed by atoms with Crippen LogP contribution in [0, 0.1) is 11.3 Å². The molecule has 0 saturated carbocycles. The number of halogens is 1. The zero-order valence-electron chi connectivity index (χ0n) is 12.5. The van der Waals surface area contributed by atoms with Crippen LogP contribution in [0.4, 0.5) is 0 Å². The van der Waals surface area contributed by atoms with Crippen LogP contribution >= 0.6 is 11.6 Å². The quantitative estimate of drug-likeness (QED) is 0.493. The van der Waals surface area contributed by atoms with E-state index in [1.807, 2.05) is 19.1 Å². The van der Waals surface area contributed by atoms with Gasteiger partial charge < -0.3 is 14.7 Å². The normalized spacial score (nSPS) is 10.5. The second kappa shape index (κ2) is 8.06. The first kappa shape index (κ1) is 16.7. The van der Waals surface area contributed by atoms with Gasteiger partial charge in [0.2, 0.25) is 0 Å². The average molecular weight is 331 g/mol. The lowest BCUT2D eigenvalue weighted by atomic mass is 10.1. The molecule has 0 fully saturated rings. The molecule has 2 aromatic carbocycles. The fraction of sp³-hybridized carbons (Fsp3) is 0.176. The molecule has 0 radical (unpaired) electrons. The molecule has 0 aliphatic heterocycles. The summed E-state index contributed by atoms with van der Waals surface area (Å²) in [6.45, 7) is 2.47. The van der Waals surface area contributed by atoms with Gasteiger partial charge >= 0.3 is 0 Å². The lowest BCUT2D eigenvalue weighted by Crippen LogP contribution is -2.02. The van der Waals surface area contributed by atoms with Crippen LogP contribution in [0.1, 0.15) is 23.6 Å². The predicted octanol–water partition coefficient (Wildman–Crippen LogP) is 4.00. The lowest BCUT2D eigenvalue weighted by molar-refractivity contribution is 0.269. The number of rotatable bonds is 6. The maximum Gasteiger partial charge on any atom is 0.180 e. The smallest absolute Gasteiger partial charge is 0.180 e. The van der Waals surface area contributed by atoms with Gasteiger partial charge in [0.25, 0.3) is 0 Å². The highest BCUT2D eigenvalue weighted by Crippen LogP contribution is 2.37. The van der Waals surface area contributed by atoms with Gasteiger partial charge in [-0.05, 0) is 25.1 Å². The van der Waals surface area contributed by atoms with Crippen LogP contribution in [0.2, 0.25) is 5.02 Å². The molecule has 0 bridgehead atoms. The molecule has 0 aliphatic rings. The summed E-state index contributed by atoms with van der Waals surface area (Å²) in [5, 5.41) is 21.1. The SMILES string of the molecule is CCOc1cc(/C=N\O)cc(Cl)c1OCc1ccccc1C#N. The molecule has 0 aromatic heterocycles. The predicted molar refractivity (Wildman–Crippen MR) is 87.5 cm³/mol. The Labute approximate surface area is 139 Å². The molecule has 2 aromatic rings. The zero-order valence-corrected chi connectivity index (χ0v) is 13.2. The van der Waals surface area contributed by atoms with Crippen molar-refractivity contribution in [1.29, 1.82) is 5.26 Å². The average Bonchev–Trinajstić information content (AvgIpc) is 2.55. The minimum atomic E-state index is 0.191. The molecule has 0 amide bonds. The van der Waals surface area contributed by atoms with Crippen molar-refractivity contribution >= 4 is 17.8 Å². The largest absolute Gasteiger partial charge is 0.490 e. The summed E-state index contributed by atoms with van der Waals surface area (Å²) in [6.07, 6.45) is 1.25. The Kier molecular flexibility index (Phi) is 5.84. The first-order valence-corrected chi connectivity index (χ1v) is 7.32. The second-order valence-corrected chi connectivity index (χ2v) is 4.97. The molecule has 1 N–H and O–H groups in total. The number of oxime groups is 1. The molecule has 2 rings (SSSR count). The molecule has 0 aliphatic carbocycles. The van der Waals surface area contributed by atoms with Crippen molar-refractivity contribution < 1.29 is 14.7 Å². The van der Waals surface area contributed by atoms with E-state index in [-0.39, 0.29) is 6.61 Å². The maximum absolute atomic E-state index is 9.11. The highest BCUT2D eigenvalue weighted by atomic mass is 35.5. The minimum Gasteiger partial charge on any atom is -0.490 e. The van der Waals surface area contributed by atoms with Gasteiger partial charge in [-0.2, -0.15) is 5.26 Å².